The van der Waals surface area contributed by atoms with E-state index in [1.165, 1.54) is 0 Å². The number of hydrogen-bond acceptors (Lipinski definition) is 34. The highest BCUT2D eigenvalue weighted by atomic mass is 16.8. The Hall–Kier alpha value is -6.04. The zero-order chi connectivity index (χ0) is 82.1. The van der Waals surface area contributed by atoms with E-state index in [4.69, 9.17) is 66.3 Å². The summed E-state index contributed by atoms with van der Waals surface area (Å²) < 4.78 is 92.3. The maximum atomic E-state index is 12.6. The van der Waals surface area contributed by atoms with Crippen molar-refractivity contribution in [2.75, 3.05) is 45.8 Å². The lowest BCUT2D eigenvalue weighted by atomic mass is 9.94. The molecular weight excluding hydrogens is 1540 g/mol. The van der Waals surface area contributed by atoms with Gasteiger partial charge in [0.25, 0.3) is 0 Å². The SMILES string of the molecule is O[C@@H]1[C@@H](O)[C@H]2O[C@H]3[C@H](O)[C@@H](O)[C@@H](O[C@H]4[C@H](O)[C@@H](O)[C@@H](O[C@H]5[C@H](O)[C@@H](O)[C@H]6O[C@H]7[C@H](O)[C@@H](O)[C@@H](O[C@H]8[C@H](O)[C@@H](O)[C@@H](O[C@H]9[C@H](O)[C@@H](O)[C@@H](O[C@@H]1[C@@H](CNCc1ccccc1)O2)O[C@@H]9CNCc1ccccc1)O[C@@H]8CNCc1ccccc1)O[C@@H]7CN(Cc1ccccc1)C[C@H]5O6)O[C@@H]4CNCc1ccccc1)O[C@@H]3CNCc1ccccc1. The van der Waals surface area contributed by atoms with Crippen molar-refractivity contribution in [1.29, 1.82) is 0 Å². The number of rotatable bonds is 22. The van der Waals surface area contributed by atoms with Gasteiger partial charge in [0.2, 0.25) is 0 Å². The Morgan fingerprint density at radius 3 is 0.602 bits per heavy atom. The first-order valence-corrected chi connectivity index (χ1v) is 40.5. The maximum Gasteiger partial charge on any atom is 0.187 e. The molecule has 20 saturated heterocycles. The number of ether oxygens (including phenoxy) is 14. The van der Waals surface area contributed by atoms with E-state index in [-0.39, 0.29) is 85.1 Å². The molecule has 34 nitrogen and oxygen atoms in total. The molecular formula is C84H110N6O28. The summed E-state index contributed by atoms with van der Waals surface area (Å²) in [7, 11) is 0. The summed E-state index contributed by atoms with van der Waals surface area (Å²) in [6.45, 7) is 0.0708. The summed E-state index contributed by atoms with van der Waals surface area (Å²) >= 11 is 0. The Bertz CT molecular complexity index is 3940. The molecule has 20 fully saturated rings. The van der Waals surface area contributed by atoms with Crippen LogP contribution in [0, 0.1) is 0 Å². The molecule has 19 N–H and O–H groups in total. The third-order valence-corrected chi connectivity index (χ3v) is 23.2. The lowest BCUT2D eigenvalue weighted by molar-refractivity contribution is -0.392. The first-order valence-electron chi connectivity index (χ1n) is 40.5. The first kappa shape index (κ1) is 86.9. The third-order valence-electron chi connectivity index (χ3n) is 23.2. The van der Waals surface area contributed by atoms with Crippen molar-refractivity contribution in [3.8, 4) is 0 Å². The molecule has 0 radical (unpaired) electrons. The molecule has 6 aromatic rings. The minimum Gasteiger partial charge on any atom is -0.387 e. The van der Waals surface area contributed by atoms with E-state index >= 15 is 0 Å². The lowest BCUT2D eigenvalue weighted by Crippen LogP contribution is -2.69. The van der Waals surface area contributed by atoms with E-state index in [2.05, 4.69) is 26.6 Å². The van der Waals surface area contributed by atoms with Crippen LogP contribution in [0.1, 0.15) is 33.4 Å². The Morgan fingerprint density at radius 2 is 0.390 bits per heavy atom. The predicted octanol–water partition coefficient (Wildman–Crippen LogP) is -3.71. The fourth-order valence-electron chi connectivity index (χ4n) is 16.8. The summed E-state index contributed by atoms with van der Waals surface area (Å²) in [5.74, 6) is 0. The van der Waals surface area contributed by atoms with Gasteiger partial charge in [0, 0.05) is 85.1 Å². The van der Waals surface area contributed by atoms with Gasteiger partial charge in [-0.2, -0.15) is 0 Å². The second kappa shape index (κ2) is 40.5. The maximum absolute atomic E-state index is 12.6. The normalized spacial score (nSPS) is 40.7. The predicted molar refractivity (Wildman–Crippen MR) is 411 cm³/mol. The molecule has 20 heterocycles. The second-order valence-electron chi connectivity index (χ2n) is 31.6. The molecule has 14 bridgehead atoms. The average molecular weight is 1650 g/mol. The number of benzene rings is 6. The zero-order valence-corrected chi connectivity index (χ0v) is 64.6. The standard InChI is InChI=1S/C84H110N6O28/c91-57-64(98)78-105-50(36-85-31-44-19-7-1-8-20-44)71(57)112-79-65(99)58(92)73(52(106-79)38-87-33-46-23-11-3-12-24-46)114-81-67(101)60(94)75(54(108-81)40-89-35-48-27-15-5-16-28-48)116-83-69(103)62(96)77-56(110-83)43-90(41-49-29-17-6-18-30-49)42-55-76(63(97)70(104)84(111-55)118-77)117-82-68(102)61(95)74(53(109-82)39-88-34-47-25-13-4-14-26-47)115-80-66(100)59(93)72(113-78)51(107-80)37-86-32-45-21-9-2-10-22-45/h1-30,50-89,91-104H,31-43H2/t50-,51-,52-,53-,54-,55-,56-,57-,58-,59-,60-,61-,62-,63-,64-,65-,66-,67-,68-,69-,70-,71-,72-,73-,74-,75-,76-,77-,78-,79-,80-,81-,82-,83-,84-/m1/s1. The number of aliphatic hydroxyl groups is 14. The summed E-state index contributed by atoms with van der Waals surface area (Å²) in [4.78, 5) is 1.82. The Balaban J connectivity index is 0.792. The molecule has 20 aliphatic heterocycles. The molecule has 0 amide bonds. The van der Waals surface area contributed by atoms with Gasteiger partial charge in [0.05, 0.1) is 0 Å². The first-order chi connectivity index (χ1) is 57.3. The molecule has 34 heteroatoms. The molecule has 644 valence electrons. The van der Waals surface area contributed by atoms with Crippen molar-refractivity contribution < 1.29 is 138 Å². The van der Waals surface area contributed by atoms with Gasteiger partial charge in [0.15, 0.2) is 44.0 Å². The Kier molecular flexibility index (Phi) is 29.8. The molecule has 35 atom stereocenters. The summed E-state index contributed by atoms with van der Waals surface area (Å²) in [6.07, 6.45) is -62.1. The minimum atomic E-state index is -2.07. The Labute approximate surface area is 681 Å². The monoisotopic (exact) mass is 1650 g/mol. The minimum absolute atomic E-state index is 0.116. The van der Waals surface area contributed by atoms with Crippen LogP contribution in [0.5, 0.6) is 0 Å². The number of nitrogens with one attached hydrogen (secondary N) is 5. The summed E-state index contributed by atoms with van der Waals surface area (Å²) in [5.41, 5.74) is 4.94. The molecule has 0 spiro atoms. The van der Waals surface area contributed by atoms with E-state index in [9.17, 15) is 71.5 Å². The molecule has 0 aromatic heterocycles. The summed E-state index contributed by atoms with van der Waals surface area (Å²) in [6, 6.07) is 55.5. The van der Waals surface area contributed by atoms with Gasteiger partial charge in [0.1, 0.15) is 171 Å². The number of fused-ring (bicyclic) bond motifs is 1. The smallest absolute Gasteiger partial charge is 0.187 e. The van der Waals surface area contributed by atoms with Crippen LogP contribution in [0.25, 0.3) is 0 Å². The van der Waals surface area contributed by atoms with E-state index in [1.54, 1.807) is 0 Å². The van der Waals surface area contributed by atoms with E-state index in [0.29, 0.717) is 0 Å². The van der Waals surface area contributed by atoms with Gasteiger partial charge < -0.3 is 164 Å². The van der Waals surface area contributed by atoms with Gasteiger partial charge >= 0.3 is 0 Å². The van der Waals surface area contributed by atoms with Crippen LogP contribution in [-0.4, -0.2) is 337 Å². The van der Waals surface area contributed by atoms with Crippen molar-refractivity contribution in [2.45, 2.75) is 254 Å². The van der Waals surface area contributed by atoms with Crippen LogP contribution in [0.4, 0.5) is 0 Å². The van der Waals surface area contributed by atoms with Crippen LogP contribution in [0.2, 0.25) is 0 Å². The van der Waals surface area contributed by atoms with Crippen molar-refractivity contribution in [2.24, 2.45) is 0 Å². The van der Waals surface area contributed by atoms with E-state index in [0.717, 1.165) is 33.4 Å². The zero-order valence-electron chi connectivity index (χ0n) is 64.6. The van der Waals surface area contributed by atoms with Crippen LogP contribution in [0.3, 0.4) is 0 Å². The molecule has 0 unspecified atom stereocenters. The van der Waals surface area contributed by atoms with Crippen molar-refractivity contribution >= 4 is 0 Å². The topological polar surface area (TPSA) is 476 Å². The number of aliphatic hydroxyl groups excluding tert-OH is 14. The average Bonchev–Trinajstić information content (AvgIpc) is 1.25. The highest BCUT2D eigenvalue weighted by Gasteiger charge is 2.60. The number of hydrogen-bond donors (Lipinski definition) is 19. The summed E-state index contributed by atoms with van der Waals surface area (Å²) in [5, 5.41) is 191. The molecule has 26 rings (SSSR count). The van der Waals surface area contributed by atoms with Crippen molar-refractivity contribution in [1.82, 2.24) is 31.5 Å². The van der Waals surface area contributed by atoms with Gasteiger partial charge in [-0.3, -0.25) is 4.90 Å². The molecule has 0 saturated carbocycles. The van der Waals surface area contributed by atoms with Crippen molar-refractivity contribution in [3.05, 3.63) is 215 Å². The van der Waals surface area contributed by atoms with Crippen LogP contribution >= 0.6 is 0 Å². The molecule has 0 aliphatic carbocycles. The lowest BCUT2D eigenvalue weighted by Gasteiger charge is -2.50. The quantitative estimate of drug-likeness (QED) is 0.0311. The fraction of sp³-hybridized carbons (Fsp3) is 0.571. The van der Waals surface area contributed by atoms with Gasteiger partial charge in [-0.15, -0.1) is 0 Å². The highest BCUT2D eigenvalue weighted by Crippen LogP contribution is 2.41. The second-order valence-corrected chi connectivity index (χ2v) is 31.6. The van der Waals surface area contributed by atoms with Crippen LogP contribution in [0.15, 0.2) is 182 Å². The van der Waals surface area contributed by atoms with E-state index in [1.807, 2.05) is 187 Å². The van der Waals surface area contributed by atoms with Gasteiger partial charge in [-0.05, 0) is 33.4 Å². The van der Waals surface area contributed by atoms with Crippen molar-refractivity contribution in [3.63, 3.8) is 0 Å². The number of nitrogens with zero attached hydrogens (tertiary/aromatic N) is 1. The molecule has 20 aliphatic rings. The fourth-order valence-corrected chi connectivity index (χ4v) is 16.8. The third kappa shape index (κ3) is 20.6. The molecule has 6 aromatic carbocycles. The highest BCUT2D eigenvalue weighted by molar-refractivity contribution is 5.20. The largest absolute Gasteiger partial charge is 0.387 e. The van der Waals surface area contributed by atoms with E-state index < -0.39 is 215 Å². The van der Waals surface area contributed by atoms with Crippen LogP contribution in [-0.2, 0) is 106 Å². The van der Waals surface area contributed by atoms with Gasteiger partial charge in [-0.25, -0.2) is 0 Å². The molecule has 118 heavy (non-hydrogen) atoms. The van der Waals surface area contributed by atoms with Crippen LogP contribution < -0.4 is 26.6 Å². The van der Waals surface area contributed by atoms with Gasteiger partial charge in [-0.1, -0.05) is 182 Å². The Morgan fingerprint density at radius 1 is 0.212 bits per heavy atom.